The first-order chi connectivity index (χ1) is 10.3. The van der Waals surface area contributed by atoms with E-state index in [4.69, 9.17) is 11.6 Å². The molecule has 1 N–H and O–H groups in total. The fourth-order valence-corrected chi connectivity index (χ4v) is 2.02. The van der Waals surface area contributed by atoms with E-state index in [1.54, 1.807) is 6.07 Å². The van der Waals surface area contributed by atoms with Gasteiger partial charge in [-0.2, -0.15) is 13.2 Å². The lowest BCUT2D eigenvalue weighted by Crippen LogP contribution is -2.16. The maximum absolute atomic E-state index is 12.8. The Morgan fingerprint density at radius 3 is 2.59 bits per heavy atom. The van der Waals surface area contributed by atoms with Gasteiger partial charge in [-0.15, -0.1) is 0 Å². The molecule has 2 rings (SSSR count). The predicted octanol–water partition coefficient (Wildman–Crippen LogP) is 4.24. The van der Waals surface area contributed by atoms with Crippen LogP contribution in [0.2, 0.25) is 5.15 Å². The molecule has 0 atom stereocenters. The molecule has 2 aromatic rings. The Hall–Kier alpha value is -2.08. The van der Waals surface area contributed by atoms with Crippen LogP contribution in [0.3, 0.4) is 0 Å². The van der Waals surface area contributed by atoms with Crippen LogP contribution in [-0.4, -0.2) is 10.9 Å². The number of pyridine rings is 1. The number of anilines is 1. The highest BCUT2D eigenvalue weighted by molar-refractivity contribution is 6.29. The van der Waals surface area contributed by atoms with Gasteiger partial charge in [0.15, 0.2) is 0 Å². The lowest BCUT2D eigenvalue weighted by molar-refractivity contribution is -0.138. The minimum atomic E-state index is -4.45. The van der Waals surface area contributed by atoms with Crippen molar-refractivity contribution in [1.82, 2.24) is 4.98 Å². The average molecular weight is 329 g/mol. The number of nitrogens with one attached hydrogen (secondary N) is 1. The summed E-state index contributed by atoms with van der Waals surface area (Å²) in [5.74, 6) is -0.430. The van der Waals surface area contributed by atoms with Crippen molar-refractivity contribution < 1.29 is 18.0 Å². The summed E-state index contributed by atoms with van der Waals surface area (Å²) in [5, 5.41) is 2.75. The van der Waals surface area contributed by atoms with Crippen LogP contribution in [0.4, 0.5) is 18.9 Å². The van der Waals surface area contributed by atoms with Gasteiger partial charge >= 0.3 is 6.18 Å². The summed E-state index contributed by atoms with van der Waals surface area (Å²) in [6.45, 7) is 1.37. The number of hydrogen-bond acceptors (Lipinski definition) is 2. The van der Waals surface area contributed by atoms with Crippen LogP contribution in [0.5, 0.6) is 0 Å². The summed E-state index contributed by atoms with van der Waals surface area (Å²) in [6, 6.07) is 6.85. The molecule has 7 heteroatoms. The van der Waals surface area contributed by atoms with Gasteiger partial charge in [0.05, 0.1) is 12.0 Å². The maximum Gasteiger partial charge on any atom is 0.416 e. The molecule has 0 aliphatic heterocycles. The highest BCUT2D eigenvalue weighted by atomic mass is 35.5. The summed E-state index contributed by atoms with van der Waals surface area (Å²) in [5.41, 5.74) is 0.0563. The second-order valence-electron chi connectivity index (χ2n) is 4.74. The first kappa shape index (κ1) is 16.3. The lowest BCUT2D eigenvalue weighted by Gasteiger charge is -2.12. The number of rotatable bonds is 3. The third kappa shape index (κ3) is 4.21. The Morgan fingerprint density at radius 2 is 2.00 bits per heavy atom. The minimum absolute atomic E-state index is 0.000599. The SMILES string of the molecule is Cc1ccc(NC(=O)Cc2ccc(Cl)nc2)cc1C(F)(F)F. The monoisotopic (exact) mass is 328 g/mol. The summed E-state index contributed by atoms with van der Waals surface area (Å²) >= 11 is 5.63. The number of alkyl halides is 3. The van der Waals surface area contributed by atoms with Crippen LogP contribution in [0.1, 0.15) is 16.7 Å². The molecule has 3 nitrogen and oxygen atoms in total. The van der Waals surface area contributed by atoms with Gasteiger partial charge in [0.1, 0.15) is 5.15 Å². The van der Waals surface area contributed by atoms with Crippen molar-refractivity contribution in [3.8, 4) is 0 Å². The zero-order valence-electron chi connectivity index (χ0n) is 11.5. The number of nitrogens with zero attached hydrogens (tertiary/aromatic N) is 1. The Balaban J connectivity index is 2.10. The van der Waals surface area contributed by atoms with E-state index in [0.29, 0.717) is 10.7 Å². The molecule has 22 heavy (non-hydrogen) atoms. The van der Waals surface area contributed by atoms with E-state index in [9.17, 15) is 18.0 Å². The largest absolute Gasteiger partial charge is 0.416 e. The highest BCUT2D eigenvalue weighted by Crippen LogP contribution is 2.33. The molecule has 0 aliphatic carbocycles. The number of benzene rings is 1. The Morgan fingerprint density at radius 1 is 1.27 bits per heavy atom. The van der Waals surface area contributed by atoms with Crippen molar-refractivity contribution in [1.29, 1.82) is 0 Å². The number of amides is 1. The van der Waals surface area contributed by atoms with E-state index in [0.717, 1.165) is 6.07 Å². The number of carbonyl (C=O) groups excluding carboxylic acids is 1. The van der Waals surface area contributed by atoms with E-state index in [2.05, 4.69) is 10.3 Å². The van der Waals surface area contributed by atoms with Gasteiger partial charge in [0.2, 0.25) is 5.91 Å². The first-order valence-electron chi connectivity index (χ1n) is 6.34. The third-order valence-corrected chi connectivity index (χ3v) is 3.20. The molecule has 1 aromatic carbocycles. The van der Waals surface area contributed by atoms with Gasteiger partial charge in [-0.3, -0.25) is 4.79 Å². The number of carbonyl (C=O) groups is 1. The molecule has 1 heterocycles. The quantitative estimate of drug-likeness (QED) is 0.856. The zero-order chi connectivity index (χ0) is 16.3. The molecule has 0 bridgehead atoms. The maximum atomic E-state index is 12.8. The smallest absolute Gasteiger partial charge is 0.326 e. The molecule has 0 radical (unpaired) electrons. The van der Waals surface area contributed by atoms with Gasteiger partial charge in [0.25, 0.3) is 0 Å². The number of hydrogen-bond donors (Lipinski definition) is 1. The van der Waals surface area contributed by atoms with Crippen LogP contribution in [-0.2, 0) is 17.4 Å². The van der Waals surface area contributed by atoms with E-state index < -0.39 is 17.6 Å². The molecule has 1 amide bonds. The van der Waals surface area contributed by atoms with Crippen LogP contribution in [0.15, 0.2) is 36.5 Å². The molecular formula is C15H12ClF3N2O. The third-order valence-electron chi connectivity index (χ3n) is 2.98. The molecule has 0 spiro atoms. The molecule has 0 unspecified atom stereocenters. The van der Waals surface area contributed by atoms with Crippen molar-refractivity contribution in [2.24, 2.45) is 0 Å². The standard InChI is InChI=1S/C15H12ClF3N2O/c1-9-2-4-11(7-12(9)15(17,18)19)21-14(22)6-10-3-5-13(16)20-8-10/h2-5,7-8H,6H2,1H3,(H,21,22). The second kappa shape index (κ2) is 6.36. The molecule has 1 aromatic heterocycles. The summed E-state index contributed by atoms with van der Waals surface area (Å²) in [6.07, 6.45) is -3.01. The van der Waals surface area contributed by atoms with Crippen molar-refractivity contribution in [3.05, 3.63) is 58.4 Å². The van der Waals surface area contributed by atoms with Crippen molar-refractivity contribution in [3.63, 3.8) is 0 Å². The fraction of sp³-hybridized carbons (Fsp3) is 0.200. The van der Waals surface area contributed by atoms with Crippen molar-refractivity contribution in [2.75, 3.05) is 5.32 Å². The van der Waals surface area contributed by atoms with E-state index in [1.165, 1.54) is 31.3 Å². The van der Waals surface area contributed by atoms with E-state index >= 15 is 0 Å². The fourth-order valence-electron chi connectivity index (χ4n) is 1.91. The number of aryl methyl sites for hydroxylation is 1. The molecule has 0 aliphatic rings. The average Bonchev–Trinajstić information content (AvgIpc) is 2.42. The van der Waals surface area contributed by atoms with Crippen molar-refractivity contribution >= 4 is 23.2 Å². The van der Waals surface area contributed by atoms with Crippen LogP contribution >= 0.6 is 11.6 Å². The molecular weight excluding hydrogens is 317 g/mol. The summed E-state index contributed by atoms with van der Waals surface area (Å²) in [7, 11) is 0. The normalized spacial score (nSPS) is 11.3. The molecule has 116 valence electrons. The Labute approximate surface area is 130 Å². The van der Waals surface area contributed by atoms with Gasteiger partial charge in [-0.1, -0.05) is 23.7 Å². The van der Waals surface area contributed by atoms with Crippen LogP contribution in [0.25, 0.3) is 0 Å². The summed E-state index contributed by atoms with van der Waals surface area (Å²) < 4.78 is 38.5. The Bertz CT molecular complexity index is 684. The van der Waals surface area contributed by atoms with Crippen molar-refractivity contribution in [2.45, 2.75) is 19.5 Å². The lowest BCUT2D eigenvalue weighted by atomic mass is 10.1. The first-order valence-corrected chi connectivity index (χ1v) is 6.71. The zero-order valence-corrected chi connectivity index (χ0v) is 12.3. The Kier molecular flexibility index (Phi) is 4.71. The minimum Gasteiger partial charge on any atom is -0.326 e. The van der Waals surface area contributed by atoms with Gasteiger partial charge in [0, 0.05) is 11.9 Å². The molecule has 0 saturated carbocycles. The van der Waals surface area contributed by atoms with Crippen LogP contribution in [0, 0.1) is 6.92 Å². The number of halogens is 4. The molecule has 0 saturated heterocycles. The van der Waals surface area contributed by atoms with Gasteiger partial charge in [-0.25, -0.2) is 4.98 Å². The van der Waals surface area contributed by atoms with Crippen LogP contribution < -0.4 is 5.32 Å². The van der Waals surface area contributed by atoms with E-state index in [1.807, 2.05) is 0 Å². The highest BCUT2D eigenvalue weighted by Gasteiger charge is 2.32. The van der Waals surface area contributed by atoms with Gasteiger partial charge < -0.3 is 5.32 Å². The number of aromatic nitrogens is 1. The van der Waals surface area contributed by atoms with Gasteiger partial charge in [-0.05, 0) is 36.2 Å². The molecule has 0 fully saturated rings. The summed E-state index contributed by atoms with van der Waals surface area (Å²) in [4.78, 5) is 15.7. The second-order valence-corrected chi connectivity index (χ2v) is 5.13. The predicted molar refractivity (Wildman–Crippen MR) is 77.8 cm³/mol. The topological polar surface area (TPSA) is 42.0 Å². The van der Waals surface area contributed by atoms with E-state index in [-0.39, 0.29) is 17.7 Å².